The summed E-state index contributed by atoms with van der Waals surface area (Å²) in [6.45, 7) is 4.21. The van der Waals surface area contributed by atoms with Crippen molar-refractivity contribution in [3.05, 3.63) is 48.6 Å². The third-order valence-corrected chi connectivity index (χ3v) is 8.53. The number of phosphoric ester groups is 1. The SMILES string of the molecule is CC[C@@H](O)CC/C=C\C/C=C\C/C=C\C/C=C\CCCC(=O)O[C@H](COC(=O)CCCCCCCCC(C)C)COP(=O)(O)OC[C@@H](O)CO. The molecular formula is C38H67O11P. The molecule has 4 atom stereocenters. The number of carbonyl (C=O) groups excluding carboxylic acids is 2. The number of hydrogen-bond donors (Lipinski definition) is 4. The minimum Gasteiger partial charge on any atom is -0.462 e. The highest BCUT2D eigenvalue weighted by atomic mass is 31.2. The van der Waals surface area contributed by atoms with Crippen molar-refractivity contribution < 1.29 is 52.9 Å². The predicted octanol–water partition coefficient (Wildman–Crippen LogP) is 7.82. The molecule has 0 spiro atoms. The summed E-state index contributed by atoms with van der Waals surface area (Å²) in [6, 6.07) is 0. The van der Waals surface area contributed by atoms with Crippen molar-refractivity contribution in [2.75, 3.05) is 26.4 Å². The van der Waals surface area contributed by atoms with Gasteiger partial charge in [0.15, 0.2) is 6.10 Å². The molecule has 12 heteroatoms. The second-order valence-corrected chi connectivity index (χ2v) is 14.3. The van der Waals surface area contributed by atoms with Crippen molar-refractivity contribution in [1.82, 2.24) is 0 Å². The summed E-state index contributed by atoms with van der Waals surface area (Å²) in [5.41, 5.74) is 0. The Bertz CT molecular complexity index is 1010. The monoisotopic (exact) mass is 730 g/mol. The van der Waals surface area contributed by atoms with Gasteiger partial charge in [0.1, 0.15) is 12.7 Å². The Labute approximate surface area is 301 Å². The van der Waals surface area contributed by atoms with Crippen LogP contribution in [0.1, 0.15) is 130 Å². The van der Waals surface area contributed by atoms with Gasteiger partial charge in [0.05, 0.1) is 25.9 Å². The Morgan fingerprint density at radius 2 is 1.20 bits per heavy atom. The van der Waals surface area contributed by atoms with E-state index in [2.05, 4.69) is 54.8 Å². The van der Waals surface area contributed by atoms with E-state index in [0.717, 1.165) is 57.8 Å². The van der Waals surface area contributed by atoms with Crippen molar-refractivity contribution in [2.45, 2.75) is 148 Å². The van der Waals surface area contributed by atoms with Crippen LogP contribution >= 0.6 is 7.82 Å². The van der Waals surface area contributed by atoms with Crippen molar-refractivity contribution in [1.29, 1.82) is 0 Å². The molecule has 11 nitrogen and oxygen atoms in total. The molecule has 50 heavy (non-hydrogen) atoms. The van der Waals surface area contributed by atoms with Crippen LogP contribution in [-0.2, 0) is 32.7 Å². The van der Waals surface area contributed by atoms with Gasteiger partial charge in [-0.25, -0.2) is 4.57 Å². The summed E-state index contributed by atoms with van der Waals surface area (Å²) in [7, 11) is -4.63. The van der Waals surface area contributed by atoms with Crippen LogP contribution in [0.25, 0.3) is 0 Å². The van der Waals surface area contributed by atoms with Crippen LogP contribution in [0.3, 0.4) is 0 Å². The molecule has 0 bridgehead atoms. The summed E-state index contributed by atoms with van der Waals surface area (Å²) in [4.78, 5) is 34.7. The van der Waals surface area contributed by atoms with Crippen LogP contribution in [0.5, 0.6) is 0 Å². The summed E-state index contributed by atoms with van der Waals surface area (Å²) in [6.07, 6.45) is 27.8. The van der Waals surface area contributed by atoms with Crippen LogP contribution in [0, 0.1) is 5.92 Å². The zero-order valence-electron chi connectivity index (χ0n) is 30.9. The van der Waals surface area contributed by atoms with Gasteiger partial charge in [-0.1, -0.05) is 108 Å². The minimum atomic E-state index is -4.63. The van der Waals surface area contributed by atoms with Gasteiger partial charge in [0.25, 0.3) is 0 Å². The molecule has 0 fully saturated rings. The molecule has 0 aromatic carbocycles. The Balaban J connectivity index is 4.50. The molecule has 1 unspecified atom stereocenters. The average molecular weight is 731 g/mol. The molecule has 0 aliphatic carbocycles. The molecule has 290 valence electrons. The maximum absolute atomic E-state index is 12.5. The van der Waals surface area contributed by atoms with E-state index in [1.807, 2.05) is 19.1 Å². The highest BCUT2D eigenvalue weighted by Crippen LogP contribution is 2.43. The fourth-order valence-electron chi connectivity index (χ4n) is 4.50. The zero-order chi connectivity index (χ0) is 37.3. The van der Waals surface area contributed by atoms with Crippen LogP contribution < -0.4 is 0 Å². The molecular weight excluding hydrogens is 663 g/mol. The van der Waals surface area contributed by atoms with E-state index >= 15 is 0 Å². The molecule has 0 saturated heterocycles. The maximum atomic E-state index is 12.5. The summed E-state index contributed by atoms with van der Waals surface area (Å²) in [5, 5.41) is 27.8. The van der Waals surface area contributed by atoms with Gasteiger partial charge in [-0.05, 0) is 63.7 Å². The largest absolute Gasteiger partial charge is 0.472 e. The number of esters is 2. The standard InChI is InChI=1S/C38H67O11P/c1-4-34(40)26-22-18-13-11-9-7-5-6-8-10-12-14-20-24-28-38(43)49-36(32-48-50(44,45)47-30-35(41)29-39)31-46-37(42)27-23-19-16-15-17-21-25-33(2)3/h6-9,12-14,18,33-36,39-41H,4-5,10-11,15-17,19-32H2,1-3H3,(H,44,45)/b8-6-,9-7-,14-12-,18-13-/t34-,35+,36-/m1/s1. The van der Waals surface area contributed by atoms with Crippen LogP contribution in [0.15, 0.2) is 48.6 Å². The molecule has 0 aromatic rings. The normalized spacial score (nSPS) is 15.4. The van der Waals surface area contributed by atoms with E-state index in [9.17, 15) is 29.3 Å². The van der Waals surface area contributed by atoms with Gasteiger partial charge in [-0.2, -0.15) is 0 Å². The molecule has 0 rings (SSSR count). The number of carbonyl (C=O) groups is 2. The first-order valence-electron chi connectivity index (χ1n) is 18.5. The third-order valence-electron chi connectivity index (χ3n) is 7.58. The molecule has 0 radical (unpaired) electrons. The minimum absolute atomic E-state index is 0.0935. The number of rotatable bonds is 33. The number of ether oxygens (including phenoxy) is 2. The van der Waals surface area contributed by atoms with E-state index in [-0.39, 0.29) is 25.6 Å². The second-order valence-electron chi connectivity index (χ2n) is 12.9. The number of aliphatic hydroxyl groups excluding tert-OH is 3. The third kappa shape index (κ3) is 33.1. The molecule has 0 aromatic heterocycles. The molecule has 4 N–H and O–H groups in total. The molecule has 0 aliphatic rings. The van der Waals surface area contributed by atoms with Crippen LogP contribution in [-0.4, -0.2) is 76.9 Å². The lowest BCUT2D eigenvalue weighted by Crippen LogP contribution is -2.29. The summed E-state index contributed by atoms with van der Waals surface area (Å²) in [5.74, 6) is -0.307. The van der Waals surface area contributed by atoms with Gasteiger partial charge in [-0.15, -0.1) is 0 Å². The van der Waals surface area contributed by atoms with E-state index in [0.29, 0.717) is 25.2 Å². The lowest BCUT2D eigenvalue weighted by molar-refractivity contribution is -0.161. The lowest BCUT2D eigenvalue weighted by Gasteiger charge is -2.20. The number of hydrogen-bond acceptors (Lipinski definition) is 10. The molecule has 0 aliphatic heterocycles. The van der Waals surface area contributed by atoms with Crippen LogP contribution in [0.2, 0.25) is 0 Å². The first-order valence-corrected chi connectivity index (χ1v) is 20.0. The number of unbranched alkanes of at least 4 members (excludes halogenated alkanes) is 6. The second kappa shape index (κ2) is 32.8. The van der Waals surface area contributed by atoms with Gasteiger partial charge < -0.3 is 29.7 Å². The maximum Gasteiger partial charge on any atom is 0.472 e. The zero-order valence-corrected chi connectivity index (χ0v) is 31.8. The Morgan fingerprint density at radius 3 is 1.80 bits per heavy atom. The summed E-state index contributed by atoms with van der Waals surface area (Å²) < 4.78 is 32.4. The fourth-order valence-corrected chi connectivity index (χ4v) is 5.29. The Hall–Kier alpha value is -2.11. The van der Waals surface area contributed by atoms with Gasteiger partial charge in [0.2, 0.25) is 0 Å². The van der Waals surface area contributed by atoms with Crippen molar-refractivity contribution in [3.63, 3.8) is 0 Å². The topological polar surface area (TPSA) is 169 Å². The molecule has 0 amide bonds. The average Bonchev–Trinajstić information content (AvgIpc) is 3.08. The van der Waals surface area contributed by atoms with Crippen molar-refractivity contribution in [3.8, 4) is 0 Å². The van der Waals surface area contributed by atoms with Gasteiger partial charge in [0, 0.05) is 12.8 Å². The Kier molecular flexibility index (Phi) is 31.4. The lowest BCUT2D eigenvalue weighted by atomic mass is 10.0. The highest BCUT2D eigenvalue weighted by molar-refractivity contribution is 7.47. The number of allylic oxidation sites excluding steroid dienone is 8. The molecule has 0 heterocycles. The molecule has 0 saturated carbocycles. The predicted molar refractivity (Wildman–Crippen MR) is 197 cm³/mol. The first kappa shape index (κ1) is 47.9. The van der Waals surface area contributed by atoms with E-state index < -0.39 is 51.8 Å². The van der Waals surface area contributed by atoms with E-state index in [1.165, 1.54) is 19.3 Å². The van der Waals surface area contributed by atoms with Gasteiger partial charge >= 0.3 is 19.8 Å². The highest BCUT2D eigenvalue weighted by Gasteiger charge is 2.27. The van der Waals surface area contributed by atoms with Crippen LogP contribution in [0.4, 0.5) is 0 Å². The summed E-state index contributed by atoms with van der Waals surface area (Å²) >= 11 is 0. The van der Waals surface area contributed by atoms with Crippen molar-refractivity contribution >= 4 is 19.8 Å². The Morgan fingerprint density at radius 1 is 0.660 bits per heavy atom. The quantitative estimate of drug-likeness (QED) is 0.0225. The van der Waals surface area contributed by atoms with Gasteiger partial charge in [-0.3, -0.25) is 18.6 Å². The van der Waals surface area contributed by atoms with E-state index in [4.69, 9.17) is 19.1 Å². The number of phosphoric acid groups is 1. The van der Waals surface area contributed by atoms with Crippen molar-refractivity contribution in [2.24, 2.45) is 5.92 Å². The first-order chi connectivity index (χ1) is 24.0. The fraction of sp³-hybridized carbons (Fsp3) is 0.737. The smallest absolute Gasteiger partial charge is 0.462 e. The van der Waals surface area contributed by atoms with E-state index in [1.54, 1.807) is 0 Å². The number of aliphatic hydroxyl groups is 3.